The average Bonchev–Trinajstić information content (AvgIpc) is 3.32. The Morgan fingerprint density at radius 3 is 2.70 bits per heavy atom. The molecule has 3 aromatic rings. The number of likely N-dealkylation sites (tertiary alicyclic amines) is 1. The van der Waals surface area contributed by atoms with Gasteiger partial charge < -0.3 is 24.3 Å². The number of rotatable bonds is 8. The van der Waals surface area contributed by atoms with Crippen molar-refractivity contribution in [3.8, 4) is 11.5 Å². The summed E-state index contributed by atoms with van der Waals surface area (Å²) in [7, 11) is 1.67. The number of nitrogens with zero attached hydrogens (tertiary/aromatic N) is 1. The molecule has 0 unspecified atom stereocenters. The predicted molar refractivity (Wildman–Crippen MR) is 123 cm³/mol. The van der Waals surface area contributed by atoms with E-state index in [9.17, 15) is 9.59 Å². The van der Waals surface area contributed by atoms with E-state index in [0.29, 0.717) is 18.2 Å². The lowest BCUT2D eigenvalue weighted by Crippen LogP contribution is -2.43. The molecule has 1 saturated heterocycles. The van der Waals surface area contributed by atoms with E-state index in [1.165, 1.54) is 5.56 Å². The lowest BCUT2D eigenvalue weighted by Gasteiger charge is -2.34. The zero-order chi connectivity index (χ0) is 23.2. The van der Waals surface area contributed by atoms with Crippen LogP contribution in [-0.4, -0.2) is 66.4 Å². The Morgan fingerprint density at radius 1 is 1.15 bits per heavy atom. The Hall–Kier alpha value is -3.52. The third kappa shape index (κ3) is 5.64. The maximum Gasteiger partial charge on any atom is 0.417 e. The predicted octanol–water partition coefficient (Wildman–Crippen LogP) is 3.43. The molecule has 1 aromatic heterocycles. The second kappa shape index (κ2) is 10.4. The highest BCUT2D eigenvalue weighted by atomic mass is 16.6. The molecule has 2 heterocycles. The number of nitrogens with one attached hydrogen (secondary N) is 1. The minimum absolute atomic E-state index is 0.0686. The van der Waals surface area contributed by atoms with Crippen molar-refractivity contribution in [3.63, 3.8) is 0 Å². The van der Waals surface area contributed by atoms with Crippen LogP contribution < -0.4 is 9.47 Å². The van der Waals surface area contributed by atoms with Gasteiger partial charge in [0.2, 0.25) is 0 Å². The summed E-state index contributed by atoms with van der Waals surface area (Å²) in [5, 5.41) is 9.91. The first-order valence-electron chi connectivity index (χ1n) is 11.0. The van der Waals surface area contributed by atoms with E-state index in [1.54, 1.807) is 7.11 Å². The summed E-state index contributed by atoms with van der Waals surface area (Å²) in [4.78, 5) is 28.1. The lowest BCUT2D eigenvalue weighted by atomic mass is 9.89. The van der Waals surface area contributed by atoms with Crippen molar-refractivity contribution in [3.05, 3.63) is 60.3 Å². The number of piperidine rings is 1. The van der Waals surface area contributed by atoms with Crippen LogP contribution in [-0.2, 0) is 14.3 Å². The van der Waals surface area contributed by atoms with Crippen LogP contribution in [0, 0.1) is 0 Å². The second-order valence-corrected chi connectivity index (χ2v) is 8.19. The Bertz CT molecular complexity index is 1100. The number of fused-ring (bicyclic) bond motifs is 1. The number of carboxylic acid groups (broad SMARTS) is 1. The van der Waals surface area contributed by atoms with Crippen molar-refractivity contribution in [1.82, 2.24) is 9.88 Å². The number of aromatic amines is 1. The fourth-order valence-corrected chi connectivity index (χ4v) is 4.32. The smallest absolute Gasteiger partial charge is 0.417 e. The number of esters is 1. The highest BCUT2D eigenvalue weighted by Crippen LogP contribution is 2.30. The molecule has 0 saturated carbocycles. The number of benzene rings is 2. The van der Waals surface area contributed by atoms with E-state index in [2.05, 4.69) is 22.0 Å². The van der Waals surface area contributed by atoms with Gasteiger partial charge in [0, 0.05) is 23.6 Å². The largest absolute Gasteiger partial charge is 0.497 e. The Balaban J connectivity index is 1.37. The van der Waals surface area contributed by atoms with Crippen LogP contribution in [0.5, 0.6) is 11.5 Å². The normalized spacial score (nSPS) is 15.8. The zero-order valence-corrected chi connectivity index (χ0v) is 18.5. The maximum atomic E-state index is 11.8. The number of hydrogen-bond acceptors (Lipinski definition) is 6. The fourth-order valence-electron chi connectivity index (χ4n) is 4.32. The van der Waals surface area contributed by atoms with Crippen LogP contribution in [0.2, 0.25) is 0 Å². The third-order valence-electron chi connectivity index (χ3n) is 6.04. The lowest BCUT2D eigenvalue weighted by molar-refractivity contribution is -0.169. The highest BCUT2D eigenvalue weighted by Gasteiger charge is 2.27. The van der Waals surface area contributed by atoms with E-state index in [1.807, 2.05) is 42.6 Å². The molecule has 2 N–H and O–H groups in total. The fraction of sp³-hybridized carbons (Fsp3) is 0.360. The van der Waals surface area contributed by atoms with Gasteiger partial charge in [-0.1, -0.05) is 18.2 Å². The minimum atomic E-state index is -1.61. The molecular weight excluding hydrogens is 424 g/mol. The topological polar surface area (TPSA) is 101 Å². The Labute approximate surface area is 192 Å². The van der Waals surface area contributed by atoms with Crippen LogP contribution in [0.1, 0.15) is 24.3 Å². The van der Waals surface area contributed by atoms with Gasteiger partial charge in [-0.3, -0.25) is 4.90 Å². The summed E-state index contributed by atoms with van der Waals surface area (Å²) in [5.41, 5.74) is 2.19. The molecule has 4 rings (SSSR count). The molecule has 0 radical (unpaired) electrons. The number of aliphatic carboxylic acids is 1. The molecule has 0 spiro atoms. The number of carbonyl (C=O) groups is 2. The van der Waals surface area contributed by atoms with Gasteiger partial charge in [0.25, 0.3) is 0 Å². The Kier molecular flexibility index (Phi) is 7.14. The summed E-state index contributed by atoms with van der Waals surface area (Å²) in [5.74, 6) is -0.940. The van der Waals surface area contributed by atoms with Crippen molar-refractivity contribution in [1.29, 1.82) is 0 Å². The molecule has 0 amide bonds. The van der Waals surface area contributed by atoms with E-state index in [-0.39, 0.29) is 6.61 Å². The van der Waals surface area contributed by atoms with Crippen LogP contribution >= 0.6 is 0 Å². The van der Waals surface area contributed by atoms with Gasteiger partial charge in [0.1, 0.15) is 24.2 Å². The van der Waals surface area contributed by atoms with Crippen molar-refractivity contribution in [2.45, 2.75) is 24.9 Å². The first-order chi connectivity index (χ1) is 16.0. The number of carbonyl (C=O) groups excluding carboxylic acids is 1. The number of H-pyrrole nitrogens is 1. The molecule has 33 heavy (non-hydrogen) atoms. The molecule has 174 valence electrons. The molecule has 1 fully saturated rings. The summed E-state index contributed by atoms with van der Waals surface area (Å²) >= 11 is 0. The van der Waals surface area contributed by atoms with Crippen molar-refractivity contribution >= 4 is 22.8 Å². The van der Waals surface area contributed by atoms with Crippen LogP contribution in [0.4, 0.5) is 0 Å². The van der Waals surface area contributed by atoms with Gasteiger partial charge in [0.05, 0.1) is 7.11 Å². The first kappa shape index (κ1) is 22.7. The molecule has 0 aliphatic carbocycles. The number of carboxylic acids is 1. The first-order valence-corrected chi connectivity index (χ1v) is 11.0. The molecule has 1 atom stereocenters. The van der Waals surface area contributed by atoms with E-state index < -0.39 is 18.0 Å². The number of hydrogen-bond donors (Lipinski definition) is 2. The summed E-state index contributed by atoms with van der Waals surface area (Å²) in [6, 6.07) is 15.7. The average molecular weight is 453 g/mol. The van der Waals surface area contributed by atoms with Gasteiger partial charge >= 0.3 is 11.9 Å². The monoisotopic (exact) mass is 452 g/mol. The zero-order valence-electron chi connectivity index (χ0n) is 18.5. The number of ether oxygens (including phenoxy) is 3. The SMILES string of the molecule is COc1cccc(C2CCN(C[C@@H](COc3cccc4[nH]ccc34)OC(=O)C(=O)O)CC2)c1. The summed E-state index contributed by atoms with van der Waals surface area (Å²) < 4.78 is 16.5. The molecule has 1 aliphatic heterocycles. The molecule has 1 aliphatic rings. The van der Waals surface area contributed by atoms with Crippen molar-refractivity contribution in [2.24, 2.45) is 0 Å². The maximum absolute atomic E-state index is 11.8. The van der Waals surface area contributed by atoms with Gasteiger partial charge in [-0.05, 0) is 67.7 Å². The van der Waals surface area contributed by atoms with E-state index in [0.717, 1.165) is 42.6 Å². The second-order valence-electron chi connectivity index (χ2n) is 8.19. The number of methoxy groups -OCH3 is 1. The molecule has 8 heteroatoms. The molecule has 8 nitrogen and oxygen atoms in total. The molecule has 0 bridgehead atoms. The number of aromatic nitrogens is 1. The third-order valence-corrected chi connectivity index (χ3v) is 6.04. The summed E-state index contributed by atoms with van der Waals surface area (Å²) in [6.07, 6.45) is 3.04. The van der Waals surface area contributed by atoms with Crippen molar-refractivity contribution in [2.75, 3.05) is 33.4 Å². The van der Waals surface area contributed by atoms with Gasteiger partial charge in [-0.15, -0.1) is 0 Å². The molecule has 2 aromatic carbocycles. The van der Waals surface area contributed by atoms with Gasteiger partial charge in [0.15, 0.2) is 0 Å². The van der Waals surface area contributed by atoms with Gasteiger partial charge in [-0.2, -0.15) is 0 Å². The Morgan fingerprint density at radius 2 is 1.94 bits per heavy atom. The van der Waals surface area contributed by atoms with Crippen LogP contribution in [0.25, 0.3) is 10.9 Å². The summed E-state index contributed by atoms with van der Waals surface area (Å²) in [6.45, 7) is 2.11. The quantitative estimate of drug-likeness (QED) is 0.399. The molecular formula is C25H28N2O6. The standard InChI is InChI=1S/C25H28N2O6/c1-31-19-5-2-4-18(14-19)17-9-12-27(13-10-17)15-20(33-25(30)24(28)29)16-32-23-7-3-6-22-21(23)8-11-26-22/h2-8,11,14,17,20,26H,9-10,12-13,15-16H2,1H3,(H,28,29)/t20-/m0/s1. The van der Waals surface area contributed by atoms with Crippen LogP contribution in [0.3, 0.4) is 0 Å². The van der Waals surface area contributed by atoms with Crippen molar-refractivity contribution < 1.29 is 28.9 Å². The van der Waals surface area contributed by atoms with E-state index >= 15 is 0 Å². The van der Waals surface area contributed by atoms with Gasteiger partial charge in [-0.25, -0.2) is 9.59 Å². The van der Waals surface area contributed by atoms with Crippen LogP contribution in [0.15, 0.2) is 54.7 Å². The minimum Gasteiger partial charge on any atom is -0.497 e. The highest BCUT2D eigenvalue weighted by molar-refractivity contribution is 6.28. The van der Waals surface area contributed by atoms with E-state index in [4.69, 9.17) is 19.3 Å².